The van der Waals surface area contributed by atoms with E-state index < -0.39 is 0 Å². The lowest BCUT2D eigenvalue weighted by Gasteiger charge is -2.09. The molecule has 1 aromatic carbocycles. The molecular weight excluding hydrogens is 218 g/mol. The minimum Gasteiger partial charge on any atom is -0.490 e. The zero-order chi connectivity index (χ0) is 11.7. The molecule has 17 heavy (non-hydrogen) atoms. The van der Waals surface area contributed by atoms with Crippen LogP contribution in [0.5, 0.6) is 11.5 Å². The highest BCUT2D eigenvalue weighted by Gasteiger charge is 2.13. The molecule has 3 rings (SSSR count). The maximum Gasteiger partial charge on any atom is 0.169 e. The van der Waals surface area contributed by atoms with Crippen molar-refractivity contribution in [3.05, 3.63) is 30.1 Å². The van der Waals surface area contributed by atoms with Crippen molar-refractivity contribution in [1.29, 1.82) is 0 Å². The molecule has 1 aromatic heterocycles. The summed E-state index contributed by atoms with van der Waals surface area (Å²) in [6, 6.07) is 5.58. The molecule has 1 aliphatic heterocycles. The van der Waals surface area contributed by atoms with Gasteiger partial charge in [0.25, 0.3) is 0 Å². The van der Waals surface area contributed by atoms with E-state index in [0.717, 1.165) is 29.2 Å². The van der Waals surface area contributed by atoms with Gasteiger partial charge in [-0.3, -0.25) is 9.78 Å². The minimum atomic E-state index is 0.429. The Kier molecular flexibility index (Phi) is 2.40. The highest BCUT2D eigenvalue weighted by Crippen LogP contribution is 2.34. The van der Waals surface area contributed by atoms with Crippen LogP contribution in [0.15, 0.2) is 24.4 Å². The Morgan fingerprint density at radius 3 is 2.71 bits per heavy atom. The van der Waals surface area contributed by atoms with Crippen molar-refractivity contribution >= 4 is 17.1 Å². The normalized spacial score (nSPS) is 14.4. The van der Waals surface area contributed by atoms with Crippen LogP contribution in [-0.2, 0) is 0 Å². The molecule has 0 atom stereocenters. The molecule has 4 nitrogen and oxygen atoms in total. The van der Waals surface area contributed by atoms with Gasteiger partial charge in [-0.1, -0.05) is 0 Å². The second kappa shape index (κ2) is 4.05. The molecule has 1 aliphatic rings. The fourth-order valence-corrected chi connectivity index (χ4v) is 1.95. The minimum absolute atomic E-state index is 0.429. The van der Waals surface area contributed by atoms with E-state index in [0.29, 0.717) is 24.7 Å². The highest BCUT2D eigenvalue weighted by atomic mass is 16.5. The van der Waals surface area contributed by atoms with Crippen LogP contribution in [0.4, 0.5) is 0 Å². The van der Waals surface area contributed by atoms with Crippen LogP contribution in [0.25, 0.3) is 10.8 Å². The van der Waals surface area contributed by atoms with Gasteiger partial charge in [0.15, 0.2) is 17.8 Å². The molecule has 86 valence electrons. The Balaban J connectivity index is 2.25. The fraction of sp³-hybridized carbons (Fsp3) is 0.231. The summed E-state index contributed by atoms with van der Waals surface area (Å²) >= 11 is 0. The standard InChI is InChI=1S/C13H11NO3/c15-8-11-10-7-13-12(16-4-1-5-17-13)6-9(10)2-3-14-11/h2-3,6-8H,1,4-5H2. The Morgan fingerprint density at radius 2 is 1.94 bits per heavy atom. The van der Waals surface area contributed by atoms with Gasteiger partial charge in [0.1, 0.15) is 5.69 Å². The van der Waals surface area contributed by atoms with Crippen molar-refractivity contribution in [3.8, 4) is 11.5 Å². The van der Waals surface area contributed by atoms with Gasteiger partial charge in [0.2, 0.25) is 0 Å². The lowest BCUT2D eigenvalue weighted by atomic mass is 10.1. The molecule has 2 heterocycles. The van der Waals surface area contributed by atoms with Gasteiger partial charge in [-0.05, 0) is 23.6 Å². The number of hydrogen-bond donors (Lipinski definition) is 0. The predicted molar refractivity (Wildman–Crippen MR) is 62.7 cm³/mol. The number of carbonyl (C=O) groups is 1. The fourth-order valence-electron chi connectivity index (χ4n) is 1.95. The van der Waals surface area contributed by atoms with Crippen LogP contribution < -0.4 is 9.47 Å². The molecule has 0 aliphatic carbocycles. The van der Waals surface area contributed by atoms with Gasteiger partial charge < -0.3 is 9.47 Å². The predicted octanol–water partition coefficient (Wildman–Crippen LogP) is 2.21. The van der Waals surface area contributed by atoms with Crippen molar-refractivity contribution in [1.82, 2.24) is 4.98 Å². The van der Waals surface area contributed by atoms with Crippen LogP contribution in [-0.4, -0.2) is 24.5 Å². The first-order valence-electron chi connectivity index (χ1n) is 5.52. The third kappa shape index (κ3) is 1.71. The summed E-state index contributed by atoms with van der Waals surface area (Å²) < 4.78 is 11.2. The number of rotatable bonds is 1. The lowest BCUT2D eigenvalue weighted by molar-refractivity contribution is 0.112. The summed E-state index contributed by atoms with van der Waals surface area (Å²) in [5.41, 5.74) is 0.429. The Hall–Kier alpha value is -2.10. The average molecular weight is 229 g/mol. The first-order chi connectivity index (χ1) is 8.38. The summed E-state index contributed by atoms with van der Waals surface area (Å²) in [4.78, 5) is 15.0. The van der Waals surface area contributed by atoms with E-state index in [2.05, 4.69) is 4.98 Å². The van der Waals surface area contributed by atoms with Gasteiger partial charge in [-0.2, -0.15) is 0 Å². The number of fused-ring (bicyclic) bond motifs is 2. The Bertz CT molecular complexity index is 580. The molecule has 0 saturated carbocycles. The molecule has 2 aromatic rings. The Labute approximate surface area is 98.2 Å². The largest absolute Gasteiger partial charge is 0.490 e. The average Bonchev–Trinajstić information content (AvgIpc) is 2.60. The zero-order valence-corrected chi connectivity index (χ0v) is 9.18. The first-order valence-corrected chi connectivity index (χ1v) is 5.52. The second-order valence-electron chi connectivity index (χ2n) is 3.88. The van der Waals surface area contributed by atoms with Crippen LogP contribution in [0, 0.1) is 0 Å². The summed E-state index contributed by atoms with van der Waals surface area (Å²) in [5, 5.41) is 1.73. The lowest BCUT2D eigenvalue weighted by Crippen LogP contribution is -1.97. The summed E-state index contributed by atoms with van der Waals surface area (Å²) in [6.07, 6.45) is 3.24. The molecule has 0 spiro atoms. The number of aromatic nitrogens is 1. The van der Waals surface area contributed by atoms with Crippen molar-refractivity contribution in [2.75, 3.05) is 13.2 Å². The number of benzene rings is 1. The smallest absolute Gasteiger partial charge is 0.169 e. The van der Waals surface area contributed by atoms with Crippen molar-refractivity contribution < 1.29 is 14.3 Å². The third-order valence-corrected chi connectivity index (χ3v) is 2.77. The van der Waals surface area contributed by atoms with E-state index >= 15 is 0 Å². The van der Waals surface area contributed by atoms with E-state index in [-0.39, 0.29) is 0 Å². The van der Waals surface area contributed by atoms with Gasteiger partial charge in [0, 0.05) is 18.0 Å². The molecule has 0 N–H and O–H groups in total. The van der Waals surface area contributed by atoms with Gasteiger partial charge in [-0.15, -0.1) is 0 Å². The monoisotopic (exact) mass is 229 g/mol. The highest BCUT2D eigenvalue weighted by molar-refractivity contribution is 5.97. The second-order valence-corrected chi connectivity index (χ2v) is 3.88. The topological polar surface area (TPSA) is 48.4 Å². The number of nitrogens with zero attached hydrogens (tertiary/aromatic N) is 1. The van der Waals surface area contributed by atoms with Gasteiger partial charge >= 0.3 is 0 Å². The molecule has 0 unspecified atom stereocenters. The molecule has 0 fully saturated rings. The molecule has 0 saturated heterocycles. The van der Waals surface area contributed by atoms with E-state index in [1.165, 1.54) is 0 Å². The van der Waals surface area contributed by atoms with E-state index in [1.54, 1.807) is 6.20 Å². The summed E-state index contributed by atoms with van der Waals surface area (Å²) in [6.45, 7) is 1.29. The molecule has 0 radical (unpaired) electrons. The SMILES string of the molecule is O=Cc1nccc2cc3c(cc12)OCCCO3. The summed E-state index contributed by atoms with van der Waals surface area (Å²) in [5.74, 6) is 1.42. The molecule has 0 amide bonds. The van der Waals surface area contributed by atoms with Crippen molar-refractivity contribution in [3.63, 3.8) is 0 Å². The Morgan fingerprint density at radius 1 is 1.18 bits per heavy atom. The molecule has 4 heteroatoms. The van der Waals surface area contributed by atoms with Crippen LogP contribution in [0.1, 0.15) is 16.9 Å². The third-order valence-electron chi connectivity index (χ3n) is 2.77. The van der Waals surface area contributed by atoms with Crippen LogP contribution in [0.3, 0.4) is 0 Å². The number of hydrogen-bond acceptors (Lipinski definition) is 4. The van der Waals surface area contributed by atoms with Gasteiger partial charge in [-0.25, -0.2) is 0 Å². The molecule has 0 bridgehead atoms. The summed E-state index contributed by atoms with van der Waals surface area (Å²) in [7, 11) is 0. The maximum absolute atomic E-state index is 10.9. The number of carbonyl (C=O) groups excluding carboxylic acids is 1. The zero-order valence-electron chi connectivity index (χ0n) is 9.18. The van der Waals surface area contributed by atoms with Crippen LogP contribution >= 0.6 is 0 Å². The van der Waals surface area contributed by atoms with Gasteiger partial charge in [0.05, 0.1) is 13.2 Å². The van der Waals surface area contributed by atoms with Crippen molar-refractivity contribution in [2.24, 2.45) is 0 Å². The quantitative estimate of drug-likeness (QED) is 0.703. The van der Waals surface area contributed by atoms with E-state index in [9.17, 15) is 4.79 Å². The van der Waals surface area contributed by atoms with Crippen LogP contribution in [0.2, 0.25) is 0 Å². The number of ether oxygens (including phenoxy) is 2. The van der Waals surface area contributed by atoms with E-state index in [4.69, 9.17) is 9.47 Å². The number of pyridine rings is 1. The number of aldehydes is 1. The van der Waals surface area contributed by atoms with Crippen molar-refractivity contribution in [2.45, 2.75) is 6.42 Å². The maximum atomic E-state index is 10.9. The first kappa shape index (κ1) is 10.1. The van der Waals surface area contributed by atoms with E-state index in [1.807, 2.05) is 18.2 Å². The molecular formula is C13H11NO3.